The van der Waals surface area contributed by atoms with E-state index in [1.165, 1.54) is 5.56 Å². The van der Waals surface area contributed by atoms with E-state index in [9.17, 15) is 4.79 Å². The lowest BCUT2D eigenvalue weighted by molar-refractivity contribution is 0.0954. The maximum absolute atomic E-state index is 11.7. The highest BCUT2D eigenvalue weighted by Crippen LogP contribution is 2.00. The zero-order valence-electron chi connectivity index (χ0n) is 13.6. The van der Waals surface area contributed by atoms with Crippen molar-refractivity contribution in [3.05, 3.63) is 71.8 Å². The molecule has 0 heterocycles. The van der Waals surface area contributed by atoms with Crippen LogP contribution in [-0.4, -0.2) is 12.5 Å². The maximum Gasteiger partial charge on any atom is 0.251 e. The zero-order valence-corrected chi connectivity index (χ0v) is 13.6. The van der Waals surface area contributed by atoms with E-state index in [1.807, 2.05) is 76.2 Å². The minimum atomic E-state index is -0.0125. The Hall–Kier alpha value is -2.09. The molecule has 2 aromatic carbocycles. The SMILES string of the molecule is CC.CC.O=C(NCCc1ccccc1)c1ccccc1.[HH]. The fourth-order valence-corrected chi connectivity index (χ4v) is 1.66. The van der Waals surface area contributed by atoms with Gasteiger partial charge in [0.05, 0.1) is 0 Å². The zero-order chi connectivity index (χ0) is 15.9. The summed E-state index contributed by atoms with van der Waals surface area (Å²) >= 11 is 0. The lowest BCUT2D eigenvalue weighted by Gasteiger charge is -2.05. The summed E-state index contributed by atoms with van der Waals surface area (Å²) in [6.45, 7) is 8.66. The Kier molecular flexibility index (Phi) is 11.6. The fourth-order valence-electron chi connectivity index (χ4n) is 1.66. The smallest absolute Gasteiger partial charge is 0.251 e. The van der Waals surface area contributed by atoms with Crippen LogP contribution in [-0.2, 0) is 6.42 Å². The summed E-state index contributed by atoms with van der Waals surface area (Å²) in [6.07, 6.45) is 0.861. The number of benzene rings is 2. The quantitative estimate of drug-likeness (QED) is 0.846. The molecule has 0 aromatic heterocycles. The van der Waals surface area contributed by atoms with Gasteiger partial charge in [-0.3, -0.25) is 4.79 Å². The van der Waals surface area contributed by atoms with Crippen molar-refractivity contribution in [2.45, 2.75) is 34.1 Å². The fraction of sp³-hybridized carbons (Fsp3) is 0.316. The summed E-state index contributed by atoms with van der Waals surface area (Å²) in [5.74, 6) is -0.0125. The molecular formula is C19H29NO. The summed E-state index contributed by atoms with van der Waals surface area (Å²) in [5.41, 5.74) is 1.95. The van der Waals surface area contributed by atoms with Crippen LogP contribution in [0.25, 0.3) is 0 Å². The van der Waals surface area contributed by atoms with Crippen LogP contribution in [0.15, 0.2) is 60.7 Å². The van der Waals surface area contributed by atoms with Crippen molar-refractivity contribution in [3.63, 3.8) is 0 Å². The second-order valence-corrected chi connectivity index (χ2v) is 3.86. The van der Waals surface area contributed by atoms with Crippen molar-refractivity contribution < 1.29 is 6.22 Å². The van der Waals surface area contributed by atoms with Crippen molar-refractivity contribution in [3.8, 4) is 0 Å². The van der Waals surface area contributed by atoms with Gasteiger partial charge in [0.25, 0.3) is 5.91 Å². The highest BCUT2D eigenvalue weighted by Gasteiger charge is 2.02. The van der Waals surface area contributed by atoms with Gasteiger partial charge in [-0.2, -0.15) is 0 Å². The van der Waals surface area contributed by atoms with Gasteiger partial charge in [0.2, 0.25) is 0 Å². The van der Waals surface area contributed by atoms with Crippen molar-refractivity contribution in [2.24, 2.45) is 0 Å². The molecule has 0 fully saturated rings. The van der Waals surface area contributed by atoms with E-state index >= 15 is 0 Å². The second kappa shape index (κ2) is 12.9. The third-order valence-electron chi connectivity index (χ3n) is 2.58. The molecule has 0 aliphatic heterocycles. The standard InChI is InChI=1S/C15H15NO.2C2H6.H2/c17-15(14-9-5-2-6-10-14)16-12-11-13-7-3-1-4-8-13;2*1-2;/h1-10H,11-12H2,(H,16,17);2*1-2H3;1H. The van der Waals surface area contributed by atoms with Crippen LogP contribution in [0.4, 0.5) is 0 Å². The van der Waals surface area contributed by atoms with Crippen LogP contribution >= 0.6 is 0 Å². The molecular weight excluding hydrogens is 258 g/mol. The largest absolute Gasteiger partial charge is 0.352 e. The van der Waals surface area contributed by atoms with Crippen molar-refractivity contribution in [1.29, 1.82) is 0 Å². The normalized spacial score (nSPS) is 8.57. The molecule has 2 aromatic rings. The number of amides is 1. The molecule has 1 amide bonds. The monoisotopic (exact) mass is 287 g/mol. The maximum atomic E-state index is 11.7. The van der Waals surface area contributed by atoms with Crippen molar-refractivity contribution >= 4 is 5.91 Å². The Bertz CT molecular complexity index is 471. The van der Waals surface area contributed by atoms with E-state index in [0.717, 1.165) is 6.42 Å². The molecule has 0 atom stereocenters. The molecule has 0 spiro atoms. The summed E-state index contributed by atoms with van der Waals surface area (Å²) in [7, 11) is 0. The third kappa shape index (κ3) is 7.93. The van der Waals surface area contributed by atoms with Gasteiger partial charge < -0.3 is 5.32 Å². The van der Waals surface area contributed by atoms with Gasteiger partial charge >= 0.3 is 0 Å². The molecule has 0 saturated carbocycles. The molecule has 21 heavy (non-hydrogen) atoms. The minimum Gasteiger partial charge on any atom is -0.352 e. The van der Waals surface area contributed by atoms with Gasteiger partial charge in [-0.15, -0.1) is 0 Å². The van der Waals surface area contributed by atoms with Crippen LogP contribution in [0.3, 0.4) is 0 Å². The third-order valence-corrected chi connectivity index (χ3v) is 2.58. The van der Waals surface area contributed by atoms with Crippen LogP contribution in [0.2, 0.25) is 0 Å². The van der Waals surface area contributed by atoms with Gasteiger partial charge in [-0.05, 0) is 24.1 Å². The number of rotatable bonds is 4. The Morgan fingerprint density at radius 2 is 1.33 bits per heavy atom. The Morgan fingerprint density at radius 1 is 0.857 bits per heavy atom. The molecule has 2 heteroatoms. The van der Waals surface area contributed by atoms with Crippen LogP contribution < -0.4 is 5.32 Å². The van der Waals surface area contributed by atoms with Gasteiger partial charge in [-0.1, -0.05) is 76.2 Å². The van der Waals surface area contributed by atoms with E-state index in [2.05, 4.69) is 17.4 Å². The Balaban J connectivity index is 0. The molecule has 0 aliphatic carbocycles. The molecule has 0 aliphatic rings. The molecule has 0 saturated heterocycles. The van der Waals surface area contributed by atoms with Gasteiger partial charge in [0.1, 0.15) is 0 Å². The molecule has 0 bridgehead atoms. The highest BCUT2D eigenvalue weighted by atomic mass is 16.1. The van der Waals surface area contributed by atoms with Crippen LogP contribution in [0.5, 0.6) is 0 Å². The van der Waals surface area contributed by atoms with Gasteiger partial charge in [0.15, 0.2) is 0 Å². The molecule has 0 radical (unpaired) electrons. The lowest BCUT2D eigenvalue weighted by Crippen LogP contribution is -2.25. The molecule has 2 rings (SSSR count). The number of hydrogen-bond donors (Lipinski definition) is 1. The molecule has 1 N–H and O–H groups in total. The predicted octanol–water partition coefficient (Wildman–Crippen LogP) is 4.96. The van der Waals surface area contributed by atoms with Crippen LogP contribution in [0.1, 0.15) is 45.0 Å². The average Bonchev–Trinajstić information content (AvgIpc) is 2.60. The predicted molar refractivity (Wildman–Crippen MR) is 93.7 cm³/mol. The van der Waals surface area contributed by atoms with E-state index in [-0.39, 0.29) is 7.33 Å². The molecule has 0 unspecified atom stereocenters. The minimum absolute atomic E-state index is 0. The Morgan fingerprint density at radius 3 is 1.86 bits per heavy atom. The number of carbonyl (C=O) groups excluding carboxylic acids is 1. The molecule has 116 valence electrons. The number of nitrogens with one attached hydrogen (secondary N) is 1. The van der Waals surface area contributed by atoms with E-state index in [0.29, 0.717) is 12.1 Å². The average molecular weight is 287 g/mol. The first-order valence-electron chi connectivity index (χ1n) is 7.73. The lowest BCUT2D eigenvalue weighted by atomic mass is 10.1. The van der Waals surface area contributed by atoms with E-state index in [4.69, 9.17) is 0 Å². The summed E-state index contributed by atoms with van der Waals surface area (Å²) in [6, 6.07) is 19.4. The number of hydrogen-bond acceptors (Lipinski definition) is 1. The first-order chi connectivity index (χ1) is 10.4. The topological polar surface area (TPSA) is 29.1 Å². The van der Waals surface area contributed by atoms with Crippen molar-refractivity contribution in [2.75, 3.05) is 6.54 Å². The summed E-state index contributed by atoms with van der Waals surface area (Å²) in [4.78, 5) is 11.7. The van der Waals surface area contributed by atoms with Crippen molar-refractivity contribution in [1.82, 2.24) is 5.32 Å². The number of carbonyl (C=O) groups is 1. The second-order valence-electron chi connectivity index (χ2n) is 3.86. The first-order valence-corrected chi connectivity index (χ1v) is 7.73. The van der Waals surface area contributed by atoms with Crippen LogP contribution in [0, 0.1) is 0 Å². The van der Waals surface area contributed by atoms with E-state index in [1.54, 1.807) is 0 Å². The van der Waals surface area contributed by atoms with Gasteiger partial charge in [-0.25, -0.2) is 0 Å². The summed E-state index contributed by atoms with van der Waals surface area (Å²) in [5, 5.41) is 2.91. The Labute approximate surface area is 130 Å². The first kappa shape index (κ1) is 18.9. The van der Waals surface area contributed by atoms with Gasteiger partial charge in [0, 0.05) is 13.5 Å². The van der Waals surface area contributed by atoms with E-state index < -0.39 is 0 Å². The highest BCUT2D eigenvalue weighted by molar-refractivity contribution is 5.94. The molecule has 2 nitrogen and oxygen atoms in total. The summed E-state index contributed by atoms with van der Waals surface area (Å²) < 4.78 is 0.